The van der Waals surface area contributed by atoms with Gasteiger partial charge >= 0.3 is 6.09 Å². The average molecular weight is 669 g/mol. The van der Waals surface area contributed by atoms with Gasteiger partial charge in [-0.3, -0.25) is 4.84 Å². The summed E-state index contributed by atoms with van der Waals surface area (Å²) in [5.41, 5.74) is 1.74. The van der Waals surface area contributed by atoms with Crippen LogP contribution in [0.2, 0.25) is 0 Å². The van der Waals surface area contributed by atoms with Crippen molar-refractivity contribution < 1.29 is 42.5 Å². The number of hydrogen-bond acceptors (Lipinski definition) is 8. The number of benzene rings is 3. The molecule has 0 saturated carbocycles. The fraction of sp³-hybridized carbons (Fsp3) is 0.457. The van der Waals surface area contributed by atoms with Gasteiger partial charge in [0.15, 0.2) is 6.29 Å². The van der Waals surface area contributed by atoms with E-state index in [1.54, 1.807) is 12.1 Å². The second-order valence-electron chi connectivity index (χ2n) is 12.0. The number of hydrogen-bond donors (Lipinski definition) is 3. The molecule has 11 nitrogen and oxygen atoms in total. The number of aliphatic hydroxyl groups is 1. The van der Waals surface area contributed by atoms with E-state index in [1.807, 2.05) is 74.5 Å². The maximum absolute atomic E-state index is 14.6. The molecule has 2 heterocycles. The first-order valence-corrected chi connectivity index (χ1v) is 17.6. The van der Waals surface area contributed by atoms with E-state index in [1.165, 1.54) is 12.1 Å². The Bertz CT molecular complexity index is 1520. The number of aliphatic hydroxyl groups excluding tert-OH is 1. The Hall–Kier alpha value is -3.52. The predicted molar refractivity (Wildman–Crippen MR) is 174 cm³/mol. The molecule has 0 aromatic heterocycles. The van der Waals surface area contributed by atoms with Crippen molar-refractivity contribution in [3.8, 4) is 5.75 Å². The lowest BCUT2D eigenvalue weighted by molar-refractivity contribution is -0.192. The number of fused-ring (bicyclic) bond motifs is 1. The number of rotatable bonds is 16. The highest BCUT2D eigenvalue weighted by Gasteiger charge is 2.53. The van der Waals surface area contributed by atoms with Crippen LogP contribution in [0.4, 0.5) is 4.79 Å². The first kappa shape index (κ1) is 34.8. The molecule has 12 heteroatoms. The average Bonchev–Trinajstić information content (AvgIpc) is 3.71. The van der Waals surface area contributed by atoms with Crippen LogP contribution in [0, 0.1) is 11.8 Å². The van der Waals surface area contributed by atoms with E-state index in [-0.39, 0.29) is 23.8 Å². The molecule has 5 rings (SSSR count). The summed E-state index contributed by atoms with van der Waals surface area (Å²) in [7, 11) is -4.42. The molecule has 2 aliphatic rings. The van der Waals surface area contributed by atoms with Gasteiger partial charge in [-0.2, -0.15) is 0 Å². The minimum atomic E-state index is -4.42. The van der Waals surface area contributed by atoms with Gasteiger partial charge in [0.1, 0.15) is 12.4 Å². The Kier molecular flexibility index (Phi) is 11.9. The molecule has 3 N–H and O–H groups in total. The van der Waals surface area contributed by atoms with Crippen LogP contribution in [0.25, 0.3) is 0 Å². The van der Waals surface area contributed by atoms with Crippen LogP contribution in [0.15, 0.2) is 89.8 Å². The van der Waals surface area contributed by atoms with Gasteiger partial charge in [-0.1, -0.05) is 79.0 Å². The van der Waals surface area contributed by atoms with Gasteiger partial charge in [0.25, 0.3) is 10.0 Å². The number of hydroxylamine groups is 1. The molecular formula is C35H44N2O9S. The molecule has 2 saturated heterocycles. The van der Waals surface area contributed by atoms with Crippen molar-refractivity contribution in [3.63, 3.8) is 0 Å². The number of ether oxygens (including phenoxy) is 3. The van der Waals surface area contributed by atoms with Gasteiger partial charge in [0.05, 0.1) is 42.4 Å². The van der Waals surface area contributed by atoms with Gasteiger partial charge in [-0.15, -0.1) is 0 Å². The van der Waals surface area contributed by atoms with E-state index in [2.05, 4.69) is 5.32 Å². The Morgan fingerprint density at radius 1 is 0.957 bits per heavy atom. The second kappa shape index (κ2) is 16.1. The quantitative estimate of drug-likeness (QED) is 0.180. The van der Waals surface area contributed by atoms with E-state index in [9.17, 15) is 23.4 Å². The first-order chi connectivity index (χ1) is 22.7. The number of carbonyl (C=O) groups is 1. The number of sulfonamides is 1. The van der Waals surface area contributed by atoms with Crippen molar-refractivity contribution in [2.45, 2.75) is 81.6 Å². The zero-order valence-electron chi connectivity index (χ0n) is 26.7. The molecule has 2 fully saturated rings. The molecule has 6 atom stereocenters. The Balaban J connectivity index is 1.52. The number of nitrogens with zero attached hydrogens (tertiary/aromatic N) is 1. The summed E-state index contributed by atoms with van der Waals surface area (Å²) in [6, 6.07) is 22.6. The second-order valence-corrected chi connectivity index (χ2v) is 13.7. The van der Waals surface area contributed by atoms with Gasteiger partial charge in [-0.25, -0.2) is 13.2 Å². The van der Waals surface area contributed by atoms with Gasteiger partial charge < -0.3 is 29.7 Å². The van der Waals surface area contributed by atoms with Crippen molar-refractivity contribution in [1.82, 2.24) is 9.79 Å². The minimum Gasteiger partial charge on any atom is -0.489 e. The third-order valence-corrected chi connectivity index (χ3v) is 10.6. The molecule has 3 aromatic rings. The van der Waals surface area contributed by atoms with E-state index in [4.69, 9.17) is 19.0 Å². The van der Waals surface area contributed by atoms with Gasteiger partial charge in [0.2, 0.25) is 0 Å². The summed E-state index contributed by atoms with van der Waals surface area (Å²) in [5, 5.41) is 24.5. The monoisotopic (exact) mass is 668 g/mol. The Morgan fingerprint density at radius 3 is 2.21 bits per heavy atom. The smallest absolute Gasteiger partial charge is 0.404 e. The lowest BCUT2D eigenvalue weighted by Crippen LogP contribution is -2.60. The summed E-state index contributed by atoms with van der Waals surface area (Å²) in [5.74, 6) is -0.293. The summed E-state index contributed by atoms with van der Waals surface area (Å²) in [4.78, 5) is 18.3. The molecule has 0 radical (unpaired) electrons. The molecule has 254 valence electrons. The zero-order valence-corrected chi connectivity index (χ0v) is 27.5. The third kappa shape index (κ3) is 8.50. The molecule has 0 aliphatic carbocycles. The van der Waals surface area contributed by atoms with E-state index in [0.29, 0.717) is 38.2 Å². The molecule has 0 spiro atoms. The maximum atomic E-state index is 14.6. The summed E-state index contributed by atoms with van der Waals surface area (Å²) in [6.07, 6.45) is -2.16. The largest absolute Gasteiger partial charge is 0.489 e. The Morgan fingerprint density at radius 2 is 1.60 bits per heavy atom. The molecule has 0 bridgehead atoms. The standard InChI is InChI=1S/C35H44N2O9S/c1-3-26(4-2)46-37(47(41,42)28-17-15-27(16-18-28)44-22-25-13-9-6-10-14-25)32(30-23-45-34-29(30)19-20-43-34)33(38)31(36-35(39)40)21-24-11-7-5-8-12-24/h5-18,26,29-34,36,38H,3-4,19-23H2,1-2H3,(H,39,40)/t29-,30+,31-,32?,33+,34+/m0/s1. The van der Waals surface area contributed by atoms with Crippen LogP contribution in [-0.4, -0.2) is 73.0 Å². The highest BCUT2D eigenvalue weighted by molar-refractivity contribution is 7.89. The SMILES string of the molecule is CCC(CC)ON(C([C@H](O)[C@H](Cc1ccccc1)NC(=O)O)[C@@H]1CO[C@H]2OCC[C@H]21)S(=O)(=O)c1ccc(OCc2ccccc2)cc1. The van der Waals surface area contributed by atoms with E-state index >= 15 is 0 Å². The van der Waals surface area contributed by atoms with E-state index < -0.39 is 52.6 Å². The number of amides is 1. The fourth-order valence-electron chi connectivity index (χ4n) is 6.33. The molecule has 1 unspecified atom stereocenters. The van der Waals surface area contributed by atoms with E-state index in [0.717, 1.165) is 15.6 Å². The predicted octanol–water partition coefficient (Wildman–Crippen LogP) is 4.99. The van der Waals surface area contributed by atoms with Gasteiger partial charge in [-0.05, 0) is 61.1 Å². The normalized spacial score (nSPS) is 21.3. The first-order valence-electron chi connectivity index (χ1n) is 16.1. The van der Waals surface area contributed by atoms with Crippen LogP contribution in [-0.2, 0) is 37.4 Å². The molecule has 1 amide bonds. The number of carboxylic acid groups (broad SMARTS) is 1. The number of nitrogens with one attached hydrogen (secondary N) is 1. The maximum Gasteiger partial charge on any atom is 0.404 e. The van der Waals surface area contributed by atoms with Crippen LogP contribution in [0.1, 0.15) is 44.2 Å². The zero-order chi connectivity index (χ0) is 33.4. The molecule has 47 heavy (non-hydrogen) atoms. The van der Waals surface area contributed by atoms with Gasteiger partial charge in [0, 0.05) is 11.8 Å². The van der Waals surface area contributed by atoms with Crippen LogP contribution < -0.4 is 10.1 Å². The van der Waals surface area contributed by atoms with Crippen LogP contribution >= 0.6 is 0 Å². The van der Waals surface area contributed by atoms with Crippen molar-refractivity contribution in [2.24, 2.45) is 11.8 Å². The highest BCUT2D eigenvalue weighted by Crippen LogP contribution is 2.42. The third-order valence-electron chi connectivity index (χ3n) is 8.91. The topological polar surface area (TPSA) is 144 Å². The molecule has 2 aliphatic heterocycles. The minimum absolute atomic E-state index is 0.0587. The van der Waals surface area contributed by atoms with Crippen molar-refractivity contribution in [3.05, 3.63) is 96.1 Å². The van der Waals surface area contributed by atoms with Crippen molar-refractivity contribution in [2.75, 3.05) is 13.2 Å². The molecular weight excluding hydrogens is 624 g/mol. The lowest BCUT2D eigenvalue weighted by atomic mass is 9.82. The summed E-state index contributed by atoms with van der Waals surface area (Å²) >= 11 is 0. The fourth-order valence-corrected chi connectivity index (χ4v) is 7.85. The molecule has 3 aromatic carbocycles. The highest BCUT2D eigenvalue weighted by atomic mass is 32.2. The van der Waals surface area contributed by atoms with Crippen LogP contribution in [0.3, 0.4) is 0 Å². The van der Waals surface area contributed by atoms with Crippen LogP contribution in [0.5, 0.6) is 5.75 Å². The summed E-state index contributed by atoms with van der Waals surface area (Å²) in [6.45, 7) is 4.64. The lowest BCUT2D eigenvalue weighted by Gasteiger charge is -2.41. The Labute approximate surface area is 276 Å². The van der Waals surface area contributed by atoms with Crippen molar-refractivity contribution >= 4 is 16.1 Å². The van der Waals surface area contributed by atoms with Crippen molar-refractivity contribution in [1.29, 1.82) is 0 Å². The summed E-state index contributed by atoms with van der Waals surface area (Å²) < 4.78 is 47.8.